The number of aromatic nitrogens is 4. The molecule has 2 aromatic heterocycles. The minimum absolute atomic E-state index is 0.0615. The first-order valence-electron chi connectivity index (χ1n) is 23.5. The maximum Gasteiger partial charge on any atom is 0.373 e. The third-order valence-electron chi connectivity index (χ3n) is 11.5. The van der Waals surface area contributed by atoms with Crippen LogP contribution in [0.1, 0.15) is 27.1 Å². The molecule has 2 amide bonds. The van der Waals surface area contributed by atoms with Crippen molar-refractivity contribution in [3.05, 3.63) is 94.6 Å². The molecule has 7 heterocycles. The van der Waals surface area contributed by atoms with E-state index in [1.807, 2.05) is 9.80 Å². The van der Waals surface area contributed by atoms with E-state index in [-0.39, 0.29) is 40.8 Å². The number of nitrogen functional groups attached to an aromatic ring is 1. The molecule has 5 aliphatic rings. The predicted octanol–water partition coefficient (Wildman–Crippen LogP) is -2.06. The van der Waals surface area contributed by atoms with E-state index in [0.29, 0.717) is 70.8 Å². The second-order valence-corrected chi connectivity index (χ2v) is 16.3. The molecule has 9 rings (SSSR count). The standard InChI is InChI=1S/C15H15N5O4.C15H21N5O2.C9H12N4O2.C5H10N2O2.2CO2/c21-13-11(3-1-4-12(13)20(23)24)14(22)18-7-9-19(10-8-18)15-16-5-2-6-17-15;16-12-4-1-3-11(13(12)21)14(22)19-7-9-20(10-8-19)15-17-5-2-6-18-15;14-8(15)7-6-13(5-4-10-7)9-11-2-1-3-12-9;8-5(9)4-3-6-1-2-7-4;2*2-1-3/h1-6,21H,7-10H2;1,3-4,21H,2,5-10,16H2,(H,17,18);1-3,7,10H,4-6H2,(H,14,15);4,6-7H,1-3H2,(H,8,9);;. The van der Waals surface area contributed by atoms with Crippen molar-refractivity contribution < 1.29 is 63.7 Å². The maximum atomic E-state index is 12.5. The van der Waals surface area contributed by atoms with Gasteiger partial charge in [-0.1, -0.05) is 12.1 Å². The molecule has 0 aliphatic carbocycles. The Morgan fingerprint density at radius 1 is 0.632 bits per heavy atom. The summed E-state index contributed by atoms with van der Waals surface area (Å²) in [7, 11) is 0. The van der Waals surface area contributed by atoms with Gasteiger partial charge >= 0.3 is 29.9 Å². The number of para-hydroxylation sites is 2. The van der Waals surface area contributed by atoms with Gasteiger partial charge in [0, 0.05) is 136 Å². The van der Waals surface area contributed by atoms with Gasteiger partial charge in [-0.2, -0.15) is 19.2 Å². The zero-order valence-corrected chi connectivity index (χ0v) is 41.0. The third kappa shape index (κ3) is 18.1. The number of guanidine groups is 1. The summed E-state index contributed by atoms with van der Waals surface area (Å²) in [6.07, 6.45) is 8.18. The topological polar surface area (TPSA) is 415 Å². The Labute approximate surface area is 433 Å². The van der Waals surface area contributed by atoms with Crippen LogP contribution in [0, 0.1) is 10.1 Å². The molecule has 76 heavy (non-hydrogen) atoms. The molecule has 0 bridgehead atoms. The van der Waals surface area contributed by atoms with Gasteiger partial charge < -0.3 is 71.9 Å². The van der Waals surface area contributed by atoms with Crippen molar-refractivity contribution in [1.82, 2.24) is 55.9 Å². The number of nitro groups is 1. The minimum atomic E-state index is -0.837. The summed E-state index contributed by atoms with van der Waals surface area (Å²) in [4.78, 5) is 119. The Balaban J connectivity index is 0.000000221. The van der Waals surface area contributed by atoms with Gasteiger partial charge in [-0.25, -0.2) is 19.9 Å². The smallest absolute Gasteiger partial charge is 0.373 e. The third-order valence-corrected chi connectivity index (χ3v) is 11.5. The highest BCUT2D eigenvalue weighted by Crippen LogP contribution is 2.30. The molecule has 0 radical (unpaired) electrons. The second-order valence-electron chi connectivity index (χ2n) is 16.3. The summed E-state index contributed by atoms with van der Waals surface area (Å²) in [6, 6.07) is 11.3. The van der Waals surface area contributed by atoms with Gasteiger partial charge in [0.2, 0.25) is 17.6 Å². The average Bonchev–Trinajstić information content (AvgIpc) is 3.45. The highest BCUT2D eigenvalue weighted by Gasteiger charge is 2.30. The Hall–Kier alpha value is -9.21. The summed E-state index contributed by atoms with van der Waals surface area (Å²) in [5, 5.41) is 60.1. The van der Waals surface area contributed by atoms with Crippen LogP contribution >= 0.6 is 0 Å². The Kier molecular flexibility index (Phi) is 24.5. The highest BCUT2D eigenvalue weighted by atomic mass is 16.6. The number of nitrogens with one attached hydrogen (secondary N) is 4. The molecule has 2 unspecified atom stereocenters. The lowest BCUT2D eigenvalue weighted by Gasteiger charge is -2.37. The number of hydrogen-bond acceptors (Lipinski definition) is 25. The van der Waals surface area contributed by atoms with E-state index < -0.39 is 46.3 Å². The van der Waals surface area contributed by atoms with Crippen LogP contribution in [0.25, 0.3) is 0 Å². The van der Waals surface area contributed by atoms with Gasteiger partial charge in [0.15, 0.2) is 11.7 Å². The SMILES string of the molecule is Nc1cccc(C(=O)N2CCN(C3=NCCCN3)CC2)c1O.O=C(O)C1CN(c2ncccn2)CCN1.O=C(O)C1CNCCN1.O=C(c1cccc([N+](=O)[O-])c1O)N1CCN(c2ncccn2)CC1.O=C=O.O=C=O. The number of aliphatic imine (C=N–C) groups is 1. The van der Waals surface area contributed by atoms with Gasteiger partial charge in [-0.15, -0.1) is 0 Å². The molecule has 30 nitrogen and oxygen atoms in total. The van der Waals surface area contributed by atoms with Crippen molar-refractivity contribution in [2.45, 2.75) is 18.5 Å². The first kappa shape index (κ1) is 59.4. The van der Waals surface area contributed by atoms with Crippen LogP contribution in [0.5, 0.6) is 11.5 Å². The Bertz CT molecular complexity index is 2610. The molecular weight excluding hydrogens is 1000 g/mol. The summed E-state index contributed by atoms with van der Waals surface area (Å²) in [6.45, 7) is 10.3. The van der Waals surface area contributed by atoms with Crippen LogP contribution in [-0.4, -0.2) is 219 Å². The molecule has 30 heteroatoms. The summed E-state index contributed by atoms with van der Waals surface area (Å²) >= 11 is 0. The van der Waals surface area contributed by atoms with E-state index in [1.165, 1.54) is 12.1 Å². The lowest BCUT2D eigenvalue weighted by atomic mass is 10.1. The van der Waals surface area contributed by atoms with Gasteiger partial charge in [0.1, 0.15) is 12.1 Å². The summed E-state index contributed by atoms with van der Waals surface area (Å²) in [5.74, 6) is -0.821. The van der Waals surface area contributed by atoms with E-state index in [2.05, 4.69) is 51.1 Å². The number of amides is 2. The molecule has 4 saturated heterocycles. The van der Waals surface area contributed by atoms with Gasteiger partial charge in [-0.05, 0) is 36.8 Å². The van der Waals surface area contributed by atoms with Crippen LogP contribution < -0.4 is 36.8 Å². The van der Waals surface area contributed by atoms with Crippen LogP contribution in [0.4, 0.5) is 23.3 Å². The fraction of sp³-hybridized carbons (Fsp3) is 0.413. The molecule has 0 spiro atoms. The summed E-state index contributed by atoms with van der Waals surface area (Å²) in [5.41, 5.74) is 5.61. The Morgan fingerprint density at radius 3 is 1.61 bits per heavy atom. The molecule has 4 fully saturated rings. The number of carbonyl (C=O) groups excluding carboxylic acids is 6. The van der Waals surface area contributed by atoms with E-state index in [0.717, 1.165) is 64.3 Å². The van der Waals surface area contributed by atoms with Crippen molar-refractivity contribution in [3.8, 4) is 11.5 Å². The van der Waals surface area contributed by atoms with E-state index in [1.54, 1.807) is 64.9 Å². The molecule has 0 saturated carbocycles. The summed E-state index contributed by atoms with van der Waals surface area (Å²) < 4.78 is 0. The van der Waals surface area contributed by atoms with Crippen molar-refractivity contribution >= 4 is 65.3 Å². The number of benzene rings is 2. The Morgan fingerprint density at radius 2 is 1.13 bits per heavy atom. The first-order valence-corrected chi connectivity index (χ1v) is 23.5. The monoisotopic (exact) mass is 1060 g/mol. The van der Waals surface area contributed by atoms with E-state index in [4.69, 9.17) is 35.1 Å². The number of rotatable bonds is 7. The maximum absolute atomic E-state index is 12.5. The van der Waals surface area contributed by atoms with E-state index >= 15 is 0 Å². The minimum Gasteiger partial charge on any atom is -0.505 e. The number of phenols is 2. The number of hydrogen-bond donors (Lipinski definition) is 9. The predicted molar refractivity (Wildman–Crippen MR) is 266 cm³/mol. The molecule has 10 N–H and O–H groups in total. The number of aliphatic carboxylic acids is 2. The molecule has 406 valence electrons. The van der Waals surface area contributed by atoms with Gasteiger partial charge in [0.25, 0.3) is 11.8 Å². The zero-order valence-electron chi connectivity index (χ0n) is 41.0. The van der Waals surface area contributed by atoms with Crippen molar-refractivity contribution in [1.29, 1.82) is 0 Å². The second kappa shape index (κ2) is 31.4. The lowest BCUT2D eigenvalue weighted by Crippen LogP contribution is -2.54. The van der Waals surface area contributed by atoms with Crippen molar-refractivity contribution in [2.75, 3.05) is 120 Å². The fourth-order valence-corrected chi connectivity index (χ4v) is 7.72. The number of carboxylic acid groups (broad SMARTS) is 2. The first-order chi connectivity index (χ1) is 36.6. The van der Waals surface area contributed by atoms with Gasteiger partial charge in [-0.3, -0.25) is 34.3 Å². The van der Waals surface area contributed by atoms with E-state index in [9.17, 15) is 39.5 Å². The largest absolute Gasteiger partial charge is 0.505 e. The lowest BCUT2D eigenvalue weighted by molar-refractivity contribution is -0.385. The number of aromatic hydroxyl groups is 2. The fourth-order valence-electron chi connectivity index (χ4n) is 7.72. The molecule has 2 aromatic carbocycles. The number of phenolic OH excluding ortho intramolecular Hbond substituents is 2. The number of anilines is 3. The zero-order chi connectivity index (χ0) is 55.4. The van der Waals surface area contributed by atoms with Crippen LogP contribution in [0.15, 0.2) is 78.3 Å². The number of nitrogens with two attached hydrogens (primary N) is 1. The number of piperazine rings is 4. The number of carbonyl (C=O) groups is 4. The van der Waals surface area contributed by atoms with Crippen LogP contribution in [-0.2, 0) is 28.8 Å². The molecule has 4 aromatic rings. The molecule has 2 atom stereocenters. The van der Waals surface area contributed by atoms with Crippen LogP contribution in [0.2, 0.25) is 0 Å². The van der Waals surface area contributed by atoms with Crippen molar-refractivity contribution in [3.63, 3.8) is 0 Å². The van der Waals surface area contributed by atoms with Crippen LogP contribution in [0.3, 0.4) is 0 Å². The van der Waals surface area contributed by atoms with Crippen molar-refractivity contribution in [2.24, 2.45) is 4.99 Å². The normalized spacial score (nSPS) is 17.7. The number of nitro benzene ring substituents is 1. The molecule has 5 aliphatic heterocycles. The van der Waals surface area contributed by atoms with Gasteiger partial charge in [0.05, 0.1) is 21.7 Å². The quantitative estimate of drug-likeness (QED) is 0.0416. The number of nitrogens with zero attached hydrogens (tertiary/aromatic N) is 11. The number of carboxylic acids is 2. The highest BCUT2D eigenvalue weighted by molar-refractivity contribution is 5.99. The average molecular weight is 1060 g/mol. The molecular formula is C46H58N16O14.